The van der Waals surface area contributed by atoms with Crippen molar-refractivity contribution in [1.29, 1.82) is 0 Å². The smallest absolute Gasteiger partial charge is 0.122 e. The number of hydrogen-bond acceptors (Lipinski definition) is 6. The van der Waals surface area contributed by atoms with E-state index < -0.39 is 0 Å². The second-order valence-corrected chi connectivity index (χ2v) is 4.33. The van der Waals surface area contributed by atoms with E-state index in [1.54, 1.807) is 32.7 Å². The van der Waals surface area contributed by atoms with Gasteiger partial charge in [0.2, 0.25) is 0 Å². The maximum Gasteiger partial charge on any atom is 0.122 e. The highest BCUT2D eigenvalue weighted by atomic mass is 16.5. The van der Waals surface area contributed by atoms with E-state index in [4.69, 9.17) is 15.3 Å². The highest BCUT2D eigenvalue weighted by Gasteiger charge is 2.16. The van der Waals surface area contributed by atoms with Crippen LogP contribution in [0.2, 0.25) is 0 Å². The maximum atomic E-state index is 5.66. The van der Waals surface area contributed by atoms with Crippen molar-refractivity contribution in [3.63, 3.8) is 0 Å². The molecule has 0 aliphatic heterocycles. The Kier molecular flexibility index (Phi) is 4.49. The SMILES string of the molecule is COc1cc(OC)cc(C(NN)c2cnc(C)cn2)c1. The fourth-order valence-electron chi connectivity index (χ4n) is 1.90. The van der Waals surface area contributed by atoms with Gasteiger partial charge in [0.25, 0.3) is 0 Å². The molecule has 0 radical (unpaired) electrons. The minimum atomic E-state index is -0.285. The van der Waals surface area contributed by atoms with E-state index in [9.17, 15) is 0 Å². The molecule has 106 valence electrons. The van der Waals surface area contributed by atoms with Gasteiger partial charge < -0.3 is 9.47 Å². The number of methoxy groups -OCH3 is 2. The molecule has 1 unspecified atom stereocenters. The minimum absolute atomic E-state index is 0.285. The zero-order chi connectivity index (χ0) is 14.5. The Morgan fingerprint density at radius 3 is 2.15 bits per heavy atom. The third-order valence-electron chi connectivity index (χ3n) is 2.97. The van der Waals surface area contributed by atoms with Crippen LogP contribution in [-0.2, 0) is 0 Å². The van der Waals surface area contributed by atoms with E-state index in [1.807, 2.05) is 19.1 Å². The molecule has 2 aromatic rings. The van der Waals surface area contributed by atoms with Gasteiger partial charge in [-0.15, -0.1) is 0 Å². The molecule has 3 N–H and O–H groups in total. The van der Waals surface area contributed by atoms with Crippen molar-refractivity contribution in [2.75, 3.05) is 14.2 Å². The largest absolute Gasteiger partial charge is 0.497 e. The number of nitrogens with two attached hydrogens (primary N) is 1. The molecule has 1 heterocycles. The predicted octanol–water partition coefficient (Wildman–Crippen LogP) is 1.35. The average Bonchev–Trinajstić information content (AvgIpc) is 2.49. The summed E-state index contributed by atoms with van der Waals surface area (Å²) in [4.78, 5) is 8.59. The van der Waals surface area contributed by atoms with Gasteiger partial charge in [0.05, 0.1) is 37.8 Å². The lowest BCUT2D eigenvalue weighted by Crippen LogP contribution is -2.29. The summed E-state index contributed by atoms with van der Waals surface area (Å²) in [6.45, 7) is 1.89. The van der Waals surface area contributed by atoms with Crippen molar-refractivity contribution in [2.45, 2.75) is 13.0 Å². The second kappa shape index (κ2) is 6.31. The first-order valence-corrected chi connectivity index (χ1v) is 6.15. The molecule has 0 aliphatic carbocycles. The Hall–Kier alpha value is -2.18. The lowest BCUT2D eigenvalue weighted by atomic mass is 10.0. The first kappa shape index (κ1) is 14.2. The molecule has 0 amide bonds. The normalized spacial score (nSPS) is 12.0. The van der Waals surface area contributed by atoms with E-state index in [0.717, 1.165) is 17.0 Å². The van der Waals surface area contributed by atoms with Crippen molar-refractivity contribution < 1.29 is 9.47 Å². The molecule has 6 heteroatoms. The summed E-state index contributed by atoms with van der Waals surface area (Å²) in [7, 11) is 3.21. The van der Waals surface area contributed by atoms with Crippen LogP contribution in [0.25, 0.3) is 0 Å². The summed E-state index contributed by atoms with van der Waals surface area (Å²) in [6.07, 6.45) is 3.41. The zero-order valence-electron chi connectivity index (χ0n) is 11.8. The van der Waals surface area contributed by atoms with Crippen LogP contribution in [-0.4, -0.2) is 24.2 Å². The van der Waals surface area contributed by atoms with E-state index in [-0.39, 0.29) is 6.04 Å². The number of aromatic nitrogens is 2. The second-order valence-electron chi connectivity index (χ2n) is 4.33. The van der Waals surface area contributed by atoms with E-state index in [0.29, 0.717) is 11.5 Å². The van der Waals surface area contributed by atoms with Crippen LogP contribution in [0.4, 0.5) is 0 Å². The summed E-state index contributed by atoms with van der Waals surface area (Å²) < 4.78 is 10.5. The van der Waals surface area contributed by atoms with Crippen molar-refractivity contribution >= 4 is 0 Å². The van der Waals surface area contributed by atoms with Gasteiger partial charge in [0.15, 0.2) is 0 Å². The molecule has 1 aromatic heterocycles. The van der Waals surface area contributed by atoms with Gasteiger partial charge in [-0.2, -0.15) is 0 Å². The lowest BCUT2D eigenvalue weighted by molar-refractivity contribution is 0.392. The number of hydrogen-bond donors (Lipinski definition) is 2. The highest BCUT2D eigenvalue weighted by molar-refractivity contribution is 5.41. The van der Waals surface area contributed by atoms with Crippen LogP contribution in [0.3, 0.4) is 0 Å². The summed E-state index contributed by atoms with van der Waals surface area (Å²) in [5, 5.41) is 0. The lowest BCUT2D eigenvalue weighted by Gasteiger charge is -2.17. The number of nitrogens with zero attached hydrogens (tertiary/aromatic N) is 2. The Morgan fingerprint density at radius 1 is 1.05 bits per heavy atom. The predicted molar refractivity (Wildman–Crippen MR) is 75.5 cm³/mol. The molecule has 0 saturated carbocycles. The molecule has 0 fully saturated rings. The number of benzene rings is 1. The fourth-order valence-corrected chi connectivity index (χ4v) is 1.90. The van der Waals surface area contributed by atoms with Gasteiger partial charge >= 0.3 is 0 Å². The molecule has 0 saturated heterocycles. The number of ether oxygens (including phenoxy) is 2. The van der Waals surface area contributed by atoms with Gasteiger partial charge in [-0.3, -0.25) is 15.8 Å². The molecule has 1 atom stereocenters. The van der Waals surface area contributed by atoms with Gasteiger partial charge in [-0.1, -0.05) is 0 Å². The Balaban J connectivity index is 2.42. The maximum absolute atomic E-state index is 5.66. The van der Waals surface area contributed by atoms with Gasteiger partial charge in [-0.05, 0) is 24.6 Å². The van der Waals surface area contributed by atoms with Crippen LogP contribution in [0.5, 0.6) is 11.5 Å². The molecule has 6 nitrogen and oxygen atoms in total. The molecular formula is C14H18N4O2. The molecule has 20 heavy (non-hydrogen) atoms. The van der Waals surface area contributed by atoms with Crippen molar-refractivity contribution in [3.05, 3.63) is 47.5 Å². The van der Waals surface area contributed by atoms with Crippen LogP contribution in [0.15, 0.2) is 30.6 Å². The van der Waals surface area contributed by atoms with Gasteiger partial charge in [0, 0.05) is 12.3 Å². The average molecular weight is 274 g/mol. The van der Waals surface area contributed by atoms with Crippen LogP contribution in [0, 0.1) is 6.92 Å². The van der Waals surface area contributed by atoms with Gasteiger partial charge in [0.1, 0.15) is 11.5 Å². The molecule has 1 aromatic carbocycles. The summed E-state index contributed by atoms with van der Waals surface area (Å²) in [6, 6.07) is 5.29. The molecule has 0 aliphatic rings. The van der Waals surface area contributed by atoms with Crippen LogP contribution in [0.1, 0.15) is 23.0 Å². The number of rotatable bonds is 5. The quantitative estimate of drug-likeness (QED) is 0.632. The Morgan fingerprint density at radius 2 is 1.70 bits per heavy atom. The number of aryl methyl sites for hydroxylation is 1. The molecule has 0 spiro atoms. The topological polar surface area (TPSA) is 82.3 Å². The van der Waals surface area contributed by atoms with Crippen molar-refractivity contribution in [1.82, 2.24) is 15.4 Å². The standard InChI is InChI=1S/C14H18N4O2/c1-9-7-17-13(8-16-9)14(18-15)10-4-11(19-2)6-12(5-10)20-3/h4-8,14,18H,15H2,1-3H3. The third kappa shape index (κ3) is 3.04. The summed E-state index contributed by atoms with van der Waals surface area (Å²) in [5.41, 5.74) is 5.22. The Bertz CT molecular complexity index is 550. The minimum Gasteiger partial charge on any atom is -0.497 e. The number of hydrazine groups is 1. The zero-order valence-corrected chi connectivity index (χ0v) is 11.8. The highest BCUT2D eigenvalue weighted by Crippen LogP contribution is 2.28. The van der Waals surface area contributed by atoms with E-state index in [1.165, 1.54) is 0 Å². The number of nitrogens with one attached hydrogen (secondary N) is 1. The van der Waals surface area contributed by atoms with E-state index >= 15 is 0 Å². The first-order valence-electron chi connectivity index (χ1n) is 6.15. The molecular weight excluding hydrogens is 256 g/mol. The van der Waals surface area contributed by atoms with E-state index in [2.05, 4.69) is 15.4 Å². The van der Waals surface area contributed by atoms with Crippen molar-refractivity contribution in [2.24, 2.45) is 5.84 Å². The summed E-state index contributed by atoms with van der Waals surface area (Å²) >= 11 is 0. The monoisotopic (exact) mass is 274 g/mol. The fraction of sp³-hybridized carbons (Fsp3) is 0.286. The van der Waals surface area contributed by atoms with Crippen LogP contribution >= 0.6 is 0 Å². The molecule has 2 rings (SSSR count). The molecule has 0 bridgehead atoms. The van der Waals surface area contributed by atoms with Gasteiger partial charge in [-0.25, -0.2) is 5.43 Å². The third-order valence-corrected chi connectivity index (χ3v) is 2.97. The van der Waals surface area contributed by atoms with Crippen LogP contribution < -0.4 is 20.7 Å². The van der Waals surface area contributed by atoms with Crippen molar-refractivity contribution in [3.8, 4) is 11.5 Å². The Labute approximate surface area is 117 Å². The summed E-state index contributed by atoms with van der Waals surface area (Å²) in [5.74, 6) is 7.05. The first-order chi connectivity index (χ1) is 9.67.